The Labute approximate surface area is 299 Å². The van der Waals surface area contributed by atoms with Gasteiger partial charge in [0.1, 0.15) is 0 Å². The smallest absolute Gasteiger partial charge is 0.0544 e. The molecule has 1 heterocycles. The monoisotopic (exact) mass is 652 g/mol. The highest BCUT2D eigenvalue weighted by Crippen LogP contribution is 2.38. The fourth-order valence-electron chi connectivity index (χ4n) is 7.37. The van der Waals surface area contributed by atoms with E-state index >= 15 is 0 Å². The SMILES string of the molecule is c1ccc(-c2ccc(N(Cc3cccc4c3c3ccccc3n4-c3ccc(-c4ccccc4)cc3)c3ccc(-c4ccccc4)cc3)cc2)cc1. The molecule has 0 bridgehead atoms. The van der Waals surface area contributed by atoms with Crippen molar-refractivity contribution in [2.75, 3.05) is 4.90 Å². The van der Waals surface area contributed by atoms with Gasteiger partial charge in [0.15, 0.2) is 0 Å². The molecule has 0 amide bonds. The van der Waals surface area contributed by atoms with E-state index in [9.17, 15) is 0 Å². The van der Waals surface area contributed by atoms with Crippen LogP contribution in [-0.4, -0.2) is 4.57 Å². The van der Waals surface area contributed by atoms with Crippen LogP contribution in [0.3, 0.4) is 0 Å². The van der Waals surface area contributed by atoms with E-state index < -0.39 is 0 Å². The molecule has 0 saturated heterocycles. The van der Waals surface area contributed by atoms with Crippen molar-refractivity contribution < 1.29 is 0 Å². The highest BCUT2D eigenvalue weighted by atomic mass is 15.1. The normalized spacial score (nSPS) is 11.2. The highest BCUT2D eigenvalue weighted by molar-refractivity contribution is 6.11. The van der Waals surface area contributed by atoms with Crippen molar-refractivity contribution in [2.24, 2.45) is 0 Å². The Hall–Kier alpha value is -6.64. The number of nitrogens with zero attached hydrogens (tertiary/aromatic N) is 2. The summed E-state index contributed by atoms with van der Waals surface area (Å²) in [4.78, 5) is 2.44. The molecule has 0 aliphatic carbocycles. The summed E-state index contributed by atoms with van der Waals surface area (Å²) in [6.07, 6.45) is 0. The maximum Gasteiger partial charge on any atom is 0.0544 e. The zero-order valence-electron chi connectivity index (χ0n) is 28.2. The average Bonchev–Trinajstić information content (AvgIpc) is 3.56. The van der Waals surface area contributed by atoms with Gasteiger partial charge in [-0.3, -0.25) is 0 Å². The summed E-state index contributed by atoms with van der Waals surface area (Å²) in [5, 5.41) is 2.54. The van der Waals surface area contributed by atoms with Crippen LogP contribution >= 0.6 is 0 Å². The lowest BCUT2D eigenvalue weighted by molar-refractivity contribution is 0.985. The average molecular weight is 653 g/mol. The first kappa shape index (κ1) is 30.4. The van der Waals surface area contributed by atoms with E-state index in [4.69, 9.17) is 0 Å². The minimum absolute atomic E-state index is 0.716. The van der Waals surface area contributed by atoms with Crippen LogP contribution in [0.4, 0.5) is 11.4 Å². The molecule has 2 nitrogen and oxygen atoms in total. The summed E-state index contributed by atoms with van der Waals surface area (Å²) in [5.74, 6) is 0. The number of rotatable bonds is 8. The van der Waals surface area contributed by atoms with Crippen LogP contribution in [0.1, 0.15) is 5.56 Å². The topological polar surface area (TPSA) is 8.17 Å². The predicted octanol–water partition coefficient (Wildman–Crippen LogP) is 13.1. The number of anilines is 2. The van der Waals surface area contributed by atoms with Crippen molar-refractivity contribution in [3.8, 4) is 39.1 Å². The standard InChI is InChI=1S/C49H36N2/c1-4-13-36(14-5-1)39-23-29-43(30-24-39)50(44-31-25-40(26-32-44)37-15-6-2-7-16-37)35-42-19-12-22-48-49(42)46-20-10-11-21-47(46)51(48)45-33-27-41(28-34-45)38-17-8-3-9-18-38/h1-34H,35H2. The number of fused-ring (bicyclic) bond motifs is 3. The van der Waals surface area contributed by atoms with Gasteiger partial charge in [0.2, 0.25) is 0 Å². The molecule has 0 N–H and O–H groups in total. The van der Waals surface area contributed by atoms with Gasteiger partial charge >= 0.3 is 0 Å². The van der Waals surface area contributed by atoms with Crippen LogP contribution in [0.15, 0.2) is 206 Å². The molecule has 0 aliphatic heterocycles. The molecule has 0 saturated carbocycles. The van der Waals surface area contributed by atoms with Crippen LogP contribution in [0.2, 0.25) is 0 Å². The summed E-state index contributed by atoms with van der Waals surface area (Å²) >= 11 is 0. The molecule has 1 aromatic heterocycles. The maximum atomic E-state index is 2.44. The molecule has 8 aromatic carbocycles. The molecule has 9 rings (SSSR count). The van der Waals surface area contributed by atoms with Crippen LogP contribution in [-0.2, 0) is 6.54 Å². The molecule has 0 fully saturated rings. The molecule has 0 atom stereocenters. The Bertz CT molecular complexity index is 2470. The van der Waals surface area contributed by atoms with Gasteiger partial charge in [-0.05, 0) is 87.5 Å². The van der Waals surface area contributed by atoms with Crippen LogP contribution in [0, 0.1) is 0 Å². The minimum Gasteiger partial charge on any atom is -0.337 e. The van der Waals surface area contributed by atoms with E-state index in [0.717, 1.165) is 17.1 Å². The van der Waals surface area contributed by atoms with Gasteiger partial charge in [0.25, 0.3) is 0 Å². The third-order valence-electron chi connectivity index (χ3n) is 9.92. The van der Waals surface area contributed by atoms with E-state index in [0.29, 0.717) is 6.54 Å². The van der Waals surface area contributed by atoms with Gasteiger partial charge in [-0.25, -0.2) is 0 Å². The Morgan fingerprint density at radius 2 is 0.745 bits per heavy atom. The summed E-state index contributed by atoms with van der Waals surface area (Å²) in [5.41, 5.74) is 14.5. The molecular weight excluding hydrogens is 617 g/mol. The van der Waals surface area contributed by atoms with Gasteiger partial charge in [-0.15, -0.1) is 0 Å². The molecular formula is C49H36N2. The van der Waals surface area contributed by atoms with Crippen LogP contribution < -0.4 is 4.90 Å². The molecule has 2 heteroatoms. The van der Waals surface area contributed by atoms with Gasteiger partial charge in [0, 0.05) is 34.4 Å². The molecule has 0 unspecified atom stereocenters. The second-order valence-corrected chi connectivity index (χ2v) is 13.0. The Morgan fingerprint density at radius 1 is 0.333 bits per heavy atom. The van der Waals surface area contributed by atoms with Gasteiger partial charge in [0.05, 0.1) is 11.0 Å². The summed E-state index contributed by atoms with van der Waals surface area (Å²) in [6, 6.07) is 74.3. The molecule has 51 heavy (non-hydrogen) atoms. The molecule has 0 aliphatic rings. The quantitative estimate of drug-likeness (QED) is 0.159. The lowest BCUT2D eigenvalue weighted by Gasteiger charge is -2.26. The lowest BCUT2D eigenvalue weighted by Crippen LogP contribution is -2.16. The number of aromatic nitrogens is 1. The van der Waals surface area contributed by atoms with Crippen molar-refractivity contribution in [2.45, 2.75) is 6.54 Å². The molecule has 242 valence electrons. The lowest BCUT2D eigenvalue weighted by atomic mass is 10.0. The third-order valence-corrected chi connectivity index (χ3v) is 9.92. The van der Waals surface area contributed by atoms with Gasteiger partial charge < -0.3 is 9.47 Å². The largest absolute Gasteiger partial charge is 0.337 e. The first-order chi connectivity index (χ1) is 25.3. The van der Waals surface area contributed by atoms with Crippen LogP contribution in [0.25, 0.3) is 60.9 Å². The van der Waals surface area contributed by atoms with Gasteiger partial charge in [-0.1, -0.05) is 158 Å². The number of benzene rings is 8. The first-order valence-electron chi connectivity index (χ1n) is 17.6. The Morgan fingerprint density at radius 3 is 1.25 bits per heavy atom. The maximum absolute atomic E-state index is 2.44. The second-order valence-electron chi connectivity index (χ2n) is 13.0. The van der Waals surface area contributed by atoms with E-state index in [1.54, 1.807) is 0 Å². The van der Waals surface area contributed by atoms with Crippen LogP contribution in [0.5, 0.6) is 0 Å². The van der Waals surface area contributed by atoms with Gasteiger partial charge in [-0.2, -0.15) is 0 Å². The summed E-state index contributed by atoms with van der Waals surface area (Å²) < 4.78 is 2.41. The van der Waals surface area contributed by atoms with E-state index in [1.165, 1.54) is 60.8 Å². The number of para-hydroxylation sites is 1. The Kier molecular flexibility index (Phi) is 7.96. The summed E-state index contributed by atoms with van der Waals surface area (Å²) in [6.45, 7) is 0.716. The summed E-state index contributed by atoms with van der Waals surface area (Å²) in [7, 11) is 0. The van der Waals surface area contributed by atoms with Crippen molar-refractivity contribution in [3.63, 3.8) is 0 Å². The van der Waals surface area contributed by atoms with E-state index in [-0.39, 0.29) is 0 Å². The molecule has 0 radical (unpaired) electrons. The zero-order chi connectivity index (χ0) is 34.0. The Balaban J connectivity index is 1.15. The number of hydrogen-bond donors (Lipinski definition) is 0. The fraction of sp³-hybridized carbons (Fsp3) is 0.0204. The zero-order valence-corrected chi connectivity index (χ0v) is 28.2. The third kappa shape index (κ3) is 5.88. The minimum atomic E-state index is 0.716. The van der Waals surface area contributed by atoms with Crippen molar-refractivity contribution in [1.29, 1.82) is 0 Å². The predicted molar refractivity (Wildman–Crippen MR) is 216 cm³/mol. The first-order valence-corrected chi connectivity index (χ1v) is 17.6. The van der Waals surface area contributed by atoms with E-state index in [1.807, 2.05) is 0 Å². The van der Waals surface area contributed by atoms with Crippen molar-refractivity contribution >= 4 is 33.2 Å². The fourth-order valence-corrected chi connectivity index (χ4v) is 7.37. The van der Waals surface area contributed by atoms with Crippen molar-refractivity contribution in [3.05, 3.63) is 212 Å². The number of hydrogen-bond acceptors (Lipinski definition) is 1. The molecule has 0 spiro atoms. The highest BCUT2D eigenvalue weighted by Gasteiger charge is 2.18. The van der Waals surface area contributed by atoms with Crippen molar-refractivity contribution in [1.82, 2.24) is 4.57 Å². The molecule has 9 aromatic rings. The van der Waals surface area contributed by atoms with E-state index in [2.05, 4.69) is 216 Å². The second kappa shape index (κ2) is 13.3.